The Morgan fingerprint density at radius 1 is 0.197 bits per heavy atom. The molecule has 0 amide bonds. The highest BCUT2D eigenvalue weighted by molar-refractivity contribution is 6.10. The number of furan rings is 2. The van der Waals surface area contributed by atoms with E-state index in [0.29, 0.717) is 23.7 Å². The van der Waals surface area contributed by atoms with Gasteiger partial charge in [-0.1, -0.05) is 322 Å². The lowest BCUT2D eigenvalue weighted by Gasteiger charge is -2.65. The van der Waals surface area contributed by atoms with Crippen molar-refractivity contribution in [1.82, 2.24) is 0 Å². The maximum absolute atomic E-state index is 6.64. The number of rotatable bonds is 9. The van der Waals surface area contributed by atoms with E-state index in [1.807, 2.05) is 6.07 Å². The van der Waals surface area contributed by atoms with E-state index in [1.54, 1.807) is 22.3 Å². The van der Waals surface area contributed by atoms with Gasteiger partial charge in [-0.15, -0.1) is 0 Å². The molecule has 2 aromatic heterocycles. The summed E-state index contributed by atoms with van der Waals surface area (Å²) in [5.74, 6) is 5.82. The van der Waals surface area contributed by atoms with Crippen LogP contribution in [0.3, 0.4) is 0 Å². The van der Waals surface area contributed by atoms with Crippen molar-refractivity contribution < 1.29 is 8.83 Å². The molecule has 4 spiro atoms. The Hall–Kier alpha value is -14.6. The zero-order valence-electron chi connectivity index (χ0n) is 73.7. The molecule has 18 aromatic carbocycles. The van der Waals surface area contributed by atoms with Gasteiger partial charge in [0, 0.05) is 71.9 Å². The van der Waals surface area contributed by atoms with Crippen LogP contribution in [0.4, 0.5) is 34.1 Å². The highest BCUT2D eigenvalue weighted by atomic mass is 16.3. The van der Waals surface area contributed by atoms with Crippen molar-refractivity contribution in [3.63, 3.8) is 0 Å². The molecule has 4 nitrogen and oxygen atoms in total. The fourth-order valence-electron chi connectivity index (χ4n) is 30.1. The van der Waals surface area contributed by atoms with E-state index in [4.69, 9.17) is 8.83 Å². The Morgan fingerprint density at radius 2 is 0.583 bits per heavy atom. The van der Waals surface area contributed by atoms with E-state index < -0.39 is 10.8 Å². The summed E-state index contributed by atoms with van der Waals surface area (Å²) < 4.78 is 13.0. The largest absolute Gasteiger partial charge is 0.456 e. The number of anilines is 6. The van der Waals surface area contributed by atoms with Gasteiger partial charge < -0.3 is 18.6 Å². The molecule has 32 rings (SSSR count). The van der Waals surface area contributed by atoms with Gasteiger partial charge in [-0.25, -0.2) is 0 Å². The van der Waals surface area contributed by atoms with Crippen molar-refractivity contribution in [2.45, 2.75) is 85.9 Å². The summed E-state index contributed by atoms with van der Waals surface area (Å²) in [7, 11) is 0. The summed E-state index contributed by atoms with van der Waals surface area (Å²) in [6, 6.07) is 156. The van der Waals surface area contributed by atoms with Crippen LogP contribution in [0, 0.1) is 47.3 Å². The van der Waals surface area contributed by atoms with Crippen LogP contribution in [0.1, 0.15) is 131 Å². The fraction of sp³-hybridized carbons (Fsp3) is 0.172. The van der Waals surface area contributed by atoms with Crippen LogP contribution in [0.5, 0.6) is 0 Å². The van der Waals surface area contributed by atoms with Gasteiger partial charge in [0.1, 0.15) is 22.3 Å². The summed E-state index contributed by atoms with van der Waals surface area (Å²) in [4.78, 5) is 5.10. The van der Waals surface area contributed by atoms with Crippen molar-refractivity contribution >= 4 is 88.8 Å². The van der Waals surface area contributed by atoms with E-state index in [9.17, 15) is 0 Å². The second-order valence-corrected chi connectivity index (χ2v) is 40.4. The molecule has 0 saturated heterocycles. The molecule has 0 atom stereocenters. The SMILES string of the molecule is c1cc(-c2cccc3c2oc2ccccc23)cc(N(c2ccc3c(c2)C2(c4ccccc4C34c3ccccc3-c3ccccc34)C3CC4CC(C3)CC2C4)c2ccc3ccccc3c2)c1.c1ccc(-c2ccccc2N(c2ccc(-c3ccc4c(c3)oc3ccccc34)cc2)c2ccc3c(c2)C2(c4ccccc4C34c3ccccc3-c3ccccc34)C3CC4CC(C3)CC2C4)cc1. The van der Waals surface area contributed by atoms with Crippen LogP contribution >= 0.6 is 0 Å². The molecule has 630 valence electrons. The van der Waals surface area contributed by atoms with Crippen LogP contribution in [0.25, 0.3) is 110 Å². The maximum Gasteiger partial charge on any atom is 0.143 e. The standard InChI is InChI=1S/C65H49NO.C63H47NO/c1-2-14-44(15-3-1)50-16-6-12-24-61(50)66(48-29-26-43(27-30-48)45-28-32-54-53-19-7-13-25-62(53)67-63(54)39-45)49-31-33-59-60(40-49)64(46-35-41-34-42(37-46)38-47(64)36-41)57-22-10-11-23-58(57)65(59)55-20-8-4-17-51(55)52-18-5-9-21-56(52)65;1-2-14-42-36-47(28-27-41(42)13-1)64(46-16-11-15-43(37-46)49-20-12-21-53-52-19-5-10-26-60(52)65-61(49)53)48-29-30-58-59(38-48)62(44-32-39-31-40(34-44)35-45(62)33-39)56-24-8-9-25-57(56)63(58)54-22-6-3-17-50(54)51-18-4-7-23-55(51)63/h1-33,39-42,46-47H,34-38H2;1-30,36-40,44-45H,31-35H2. The van der Waals surface area contributed by atoms with E-state index in [1.165, 1.54) is 170 Å². The topological polar surface area (TPSA) is 32.8 Å². The number of para-hydroxylation sites is 4. The quantitative estimate of drug-likeness (QED) is 0.144. The minimum Gasteiger partial charge on any atom is -0.456 e. The van der Waals surface area contributed by atoms with Gasteiger partial charge in [-0.05, 0) is 325 Å². The molecule has 12 aliphatic rings. The highest BCUT2D eigenvalue weighted by Crippen LogP contribution is 2.75. The molecular formula is C128H96N2O2. The first-order valence-electron chi connectivity index (χ1n) is 48.5. The zero-order chi connectivity index (χ0) is 86.3. The van der Waals surface area contributed by atoms with Gasteiger partial charge in [-0.2, -0.15) is 0 Å². The van der Waals surface area contributed by atoms with Gasteiger partial charge in [-0.3, -0.25) is 0 Å². The van der Waals surface area contributed by atoms with Gasteiger partial charge in [0.15, 0.2) is 0 Å². The molecule has 20 aromatic rings. The highest BCUT2D eigenvalue weighted by Gasteiger charge is 2.67. The van der Waals surface area contributed by atoms with Crippen molar-refractivity contribution in [3.8, 4) is 55.6 Å². The lowest BCUT2D eigenvalue weighted by atomic mass is 9.38. The molecule has 12 aliphatic carbocycles. The number of nitrogens with zero attached hydrogens (tertiary/aromatic N) is 2. The molecule has 0 unspecified atom stereocenters. The average molecular weight is 1690 g/mol. The van der Waals surface area contributed by atoms with Crippen LogP contribution < -0.4 is 9.80 Å². The Balaban J connectivity index is 0.000000129. The lowest BCUT2D eigenvalue weighted by Crippen LogP contribution is -2.59. The van der Waals surface area contributed by atoms with Crippen molar-refractivity contribution in [2.24, 2.45) is 47.3 Å². The van der Waals surface area contributed by atoms with Gasteiger partial charge in [0.2, 0.25) is 0 Å². The molecule has 8 fully saturated rings. The van der Waals surface area contributed by atoms with E-state index in [-0.39, 0.29) is 10.8 Å². The zero-order valence-corrected chi connectivity index (χ0v) is 73.7. The predicted octanol–water partition coefficient (Wildman–Crippen LogP) is 33.1. The number of hydrogen-bond donors (Lipinski definition) is 0. The summed E-state index contributed by atoms with van der Waals surface area (Å²) in [5, 5.41) is 7.09. The van der Waals surface area contributed by atoms with Gasteiger partial charge >= 0.3 is 0 Å². The monoisotopic (exact) mass is 1690 g/mol. The van der Waals surface area contributed by atoms with Gasteiger partial charge in [0.25, 0.3) is 0 Å². The number of fused-ring (bicyclic) bond motifs is 25. The van der Waals surface area contributed by atoms with Crippen LogP contribution in [-0.2, 0) is 21.7 Å². The van der Waals surface area contributed by atoms with Crippen molar-refractivity contribution in [2.75, 3.05) is 9.80 Å². The number of benzene rings is 18. The van der Waals surface area contributed by atoms with Gasteiger partial charge in [0.05, 0.1) is 16.5 Å². The molecule has 8 bridgehead atoms. The summed E-state index contributed by atoms with van der Waals surface area (Å²) >= 11 is 0. The molecule has 2 heterocycles. The predicted molar refractivity (Wildman–Crippen MR) is 541 cm³/mol. The molecule has 0 radical (unpaired) electrons. The first kappa shape index (κ1) is 75.3. The third kappa shape index (κ3) is 10.4. The van der Waals surface area contributed by atoms with E-state index >= 15 is 0 Å². The second kappa shape index (κ2) is 28.5. The molecule has 4 heteroatoms. The fourth-order valence-corrected chi connectivity index (χ4v) is 30.1. The third-order valence-corrected chi connectivity index (χ3v) is 34.4. The smallest absolute Gasteiger partial charge is 0.143 e. The summed E-state index contributed by atoms with van der Waals surface area (Å²) in [6.07, 6.45) is 13.5. The summed E-state index contributed by atoms with van der Waals surface area (Å²) in [6.45, 7) is 0. The summed E-state index contributed by atoms with van der Waals surface area (Å²) in [5.41, 5.74) is 40.1. The Labute approximate surface area is 770 Å². The first-order valence-corrected chi connectivity index (χ1v) is 48.5. The lowest BCUT2D eigenvalue weighted by molar-refractivity contribution is -0.0440. The Kier molecular flexibility index (Phi) is 16.2. The van der Waals surface area contributed by atoms with Crippen LogP contribution in [0.2, 0.25) is 0 Å². The minimum atomic E-state index is -0.424. The van der Waals surface area contributed by atoms with E-state index in [0.717, 1.165) is 107 Å². The van der Waals surface area contributed by atoms with Crippen LogP contribution in [-0.4, -0.2) is 0 Å². The number of hydrogen-bond acceptors (Lipinski definition) is 4. The second-order valence-electron chi connectivity index (χ2n) is 40.4. The normalized spacial score (nSPS) is 22.4. The van der Waals surface area contributed by atoms with Crippen molar-refractivity contribution in [1.29, 1.82) is 0 Å². The molecule has 132 heavy (non-hydrogen) atoms. The molecule has 0 aliphatic heterocycles. The molecule has 8 saturated carbocycles. The molecule has 0 N–H and O–H groups in total. The van der Waals surface area contributed by atoms with E-state index in [2.05, 4.69) is 416 Å². The maximum atomic E-state index is 6.64. The first-order chi connectivity index (χ1) is 65.3. The van der Waals surface area contributed by atoms with Crippen LogP contribution in [0.15, 0.2) is 421 Å². The average Bonchev–Trinajstić information content (AvgIpc) is 1.36. The van der Waals surface area contributed by atoms with Crippen molar-refractivity contribution in [3.05, 3.63) is 479 Å². The third-order valence-electron chi connectivity index (χ3n) is 34.4. The Bertz CT molecular complexity index is 8030. The molecular weight excluding hydrogens is 1600 g/mol. The Morgan fingerprint density at radius 3 is 1.15 bits per heavy atom. The minimum absolute atomic E-state index is 0.0685.